The molecule has 1 aromatic carbocycles. The summed E-state index contributed by atoms with van der Waals surface area (Å²) < 4.78 is 32.9. The Bertz CT molecular complexity index is 714. The van der Waals surface area contributed by atoms with Gasteiger partial charge in [0, 0.05) is 43.7 Å². The zero-order valence-corrected chi connectivity index (χ0v) is 16.3. The van der Waals surface area contributed by atoms with Crippen molar-refractivity contribution < 1.29 is 17.9 Å². The first-order valence-electron chi connectivity index (χ1n) is 8.31. The van der Waals surface area contributed by atoms with Crippen LogP contribution in [0, 0.1) is 0 Å². The maximum absolute atomic E-state index is 12.8. The van der Waals surface area contributed by atoms with Crippen molar-refractivity contribution in [3.05, 3.63) is 28.7 Å². The largest absolute Gasteiger partial charge is 0.378 e. The fourth-order valence-corrected chi connectivity index (χ4v) is 5.41. The maximum atomic E-state index is 12.8. The molecule has 0 radical (unpaired) electrons. The van der Waals surface area contributed by atoms with E-state index in [2.05, 4.69) is 15.9 Å². The average molecular weight is 432 g/mol. The van der Waals surface area contributed by atoms with Crippen LogP contribution in [-0.2, 0) is 19.6 Å². The fraction of sp³-hybridized carbons (Fsp3) is 0.562. The van der Waals surface area contributed by atoms with Gasteiger partial charge in [0.05, 0.1) is 24.7 Å². The summed E-state index contributed by atoms with van der Waals surface area (Å²) in [7, 11) is -3.52. The van der Waals surface area contributed by atoms with Crippen LogP contribution in [0.4, 0.5) is 0 Å². The molecule has 1 aromatic rings. The van der Waals surface area contributed by atoms with E-state index >= 15 is 0 Å². The lowest BCUT2D eigenvalue weighted by Gasteiger charge is -2.35. The number of benzene rings is 1. The van der Waals surface area contributed by atoms with E-state index in [9.17, 15) is 13.2 Å². The van der Waals surface area contributed by atoms with Gasteiger partial charge in [-0.3, -0.25) is 9.69 Å². The van der Waals surface area contributed by atoms with Crippen molar-refractivity contribution in [3.63, 3.8) is 0 Å². The zero-order valence-electron chi connectivity index (χ0n) is 13.9. The third kappa shape index (κ3) is 4.40. The topological polar surface area (TPSA) is 70.2 Å². The number of rotatable bonds is 4. The molecule has 0 saturated carbocycles. The molecule has 0 aliphatic carbocycles. The van der Waals surface area contributed by atoms with Gasteiger partial charge in [-0.05, 0) is 28.1 Å². The molecule has 2 heterocycles. The third-order valence-corrected chi connectivity index (χ3v) is 7.42. The molecule has 2 aliphatic heterocycles. The Labute approximate surface area is 156 Å². The summed E-state index contributed by atoms with van der Waals surface area (Å²) in [6.45, 7) is 4.67. The molecule has 0 atom stereocenters. The van der Waals surface area contributed by atoms with Gasteiger partial charge in [-0.1, -0.05) is 12.1 Å². The molecule has 0 spiro atoms. The summed E-state index contributed by atoms with van der Waals surface area (Å²) in [6, 6.07) is 6.84. The minimum atomic E-state index is -3.52. The maximum Gasteiger partial charge on any atom is 0.244 e. The first-order valence-corrected chi connectivity index (χ1v) is 10.5. The van der Waals surface area contributed by atoms with Crippen molar-refractivity contribution in [2.45, 2.75) is 4.90 Å². The van der Waals surface area contributed by atoms with Crippen LogP contribution in [-0.4, -0.2) is 87.5 Å². The number of hydrogen-bond acceptors (Lipinski definition) is 5. The normalized spacial score (nSPS) is 20.6. The van der Waals surface area contributed by atoms with Gasteiger partial charge < -0.3 is 9.64 Å². The van der Waals surface area contributed by atoms with Crippen LogP contribution >= 0.6 is 15.9 Å². The smallest absolute Gasteiger partial charge is 0.244 e. The summed E-state index contributed by atoms with van der Waals surface area (Å²) in [4.78, 5) is 16.4. The molecule has 9 heteroatoms. The van der Waals surface area contributed by atoms with E-state index in [0.717, 1.165) is 0 Å². The standard InChI is InChI=1S/C16H22BrN3O4S/c17-14-3-1-2-4-15(14)25(22,23)20-7-5-18(6-8-20)13-16(21)19-9-11-24-12-10-19/h1-4H,5-13H2. The molecule has 0 N–H and O–H groups in total. The molecular formula is C16H22BrN3O4S. The predicted octanol–water partition coefficient (Wildman–Crippen LogP) is 0.614. The highest BCUT2D eigenvalue weighted by molar-refractivity contribution is 9.10. The summed E-state index contributed by atoms with van der Waals surface area (Å²) in [5, 5.41) is 0. The van der Waals surface area contributed by atoms with E-state index in [1.165, 1.54) is 4.31 Å². The van der Waals surface area contributed by atoms with Crippen LogP contribution in [0.25, 0.3) is 0 Å². The molecule has 3 rings (SSSR count). The third-order valence-electron chi connectivity index (χ3n) is 4.51. The lowest BCUT2D eigenvalue weighted by molar-refractivity contribution is -0.136. The number of carbonyl (C=O) groups excluding carboxylic acids is 1. The van der Waals surface area contributed by atoms with E-state index in [-0.39, 0.29) is 10.8 Å². The Morgan fingerprint density at radius 2 is 1.68 bits per heavy atom. The quantitative estimate of drug-likeness (QED) is 0.698. The van der Waals surface area contributed by atoms with Gasteiger partial charge in [-0.15, -0.1) is 0 Å². The van der Waals surface area contributed by atoms with E-state index in [1.54, 1.807) is 24.3 Å². The molecule has 0 unspecified atom stereocenters. The van der Waals surface area contributed by atoms with Crippen LogP contribution in [0.15, 0.2) is 33.6 Å². The first-order chi connectivity index (χ1) is 12.0. The number of piperazine rings is 1. The van der Waals surface area contributed by atoms with Gasteiger partial charge in [0.2, 0.25) is 15.9 Å². The average Bonchev–Trinajstić information content (AvgIpc) is 2.63. The minimum Gasteiger partial charge on any atom is -0.378 e. The summed E-state index contributed by atoms with van der Waals surface area (Å²) in [6.07, 6.45) is 0. The molecule has 7 nitrogen and oxygen atoms in total. The predicted molar refractivity (Wildman–Crippen MR) is 96.7 cm³/mol. The Hall–Kier alpha value is -1.00. The van der Waals surface area contributed by atoms with E-state index < -0.39 is 10.0 Å². The van der Waals surface area contributed by atoms with Gasteiger partial charge in [0.1, 0.15) is 0 Å². The zero-order chi connectivity index (χ0) is 17.9. The van der Waals surface area contributed by atoms with Crippen LogP contribution in [0.1, 0.15) is 0 Å². The molecule has 0 bridgehead atoms. The highest BCUT2D eigenvalue weighted by Crippen LogP contribution is 2.25. The summed E-state index contributed by atoms with van der Waals surface area (Å²) >= 11 is 3.31. The van der Waals surface area contributed by atoms with Crippen LogP contribution in [0.5, 0.6) is 0 Å². The number of hydrogen-bond donors (Lipinski definition) is 0. The van der Waals surface area contributed by atoms with Crippen molar-refractivity contribution >= 4 is 31.9 Å². The Kier molecular flexibility index (Phi) is 6.11. The van der Waals surface area contributed by atoms with Crippen molar-refractivity contribution in [1.82, 2.24) is 14.1 Å². The second-order valence-electron chi connectivity index (χ2n) is 6.10. The van der Waals surface area contributed by atoms with Crippen molar-refractivity contribution in [3.8, 4) is 0 Å². The molecule has 1 amide bonds. The van der Waals surface area contributed by atoms with Gasteiger partial charge in [0.15, 0.2) is 0 Å². The summed E-state index contributed by atoms with van der Waals surface area (Å²) in [5.41, 5.74) is 0. The monoisotopic (exact) mass is 431 g/mol. The van der Waals surface area contributed by atoms with Gasteiger partial charge >= 0.3 is 0 Å². The number of carbonyl (C=O) groups is 1. The van der Waals surface area contributed by atoms with Crippen LogP contribution < -0.4 is 0 Å². The minimum absolute atomic E-state index is 0.0883. The Balaban J connectivity index is 1.56. The van der Waals surface area contributed by atoms with E-state index in [0.29, 0.717) is 63.5 Å². The number of ether oxygens (including phenoxy) is 1. The second kappa shape index (κ2) is 8.13. The summed E-state index contributed by atoms with van der Waals surface area (Å²) in [5.74, 6) is 0.0883. The van der Waals surface area contributed by atoms with Crippen LogP contribution in [0.2, 0.25) is 0 Å². The molecule has 2 saturated heterocycles. The number of amides is 1. The lowest BCUT2D eigenvalue weighted by Crippen LogP contribution is -2.52. The molecule has 0 aromatic heterocycles. The van der Waals surface area contributed by atoms with Gasteiger partial charge in [0.25, 0.3) is 0 Å². The number of morpholine rings is 1. The van der Waals surface area contributed by atoms with Crippen molar-refractivity contribution in [2.75, 3.05) is 59.0 Å². The van der Waals surface area contributed by atoms with Crippen LogP contribution in [0.3, 0.4) is 0 Å². The first kappa shape index (κ1) is 18.8. The lowest BCUT2D eigenvalue weighted by atomic mass is 10.3. The highest BCUT2D eigenvalue weighted by Gasteiger charge is 2.30. The SMILES string of the molecule is O=C(CN1CCN(S(=O)(=O)c2ccccc2Br)CC1)N1CCOCC1. The fourth-order valence-electron chi connectivity index (χ4n) is 3.03. The molecule has 2 aliphatic rings. The number of nitrogens with zero attached hydrogens (tertiary/aromatic N) is 3. The Morgan fingerprint density at radius 1 is 1.04 bits per heavy atom. The van der Waals surface area contributed by atoms with E-state index in [4.69, 9.17) is 4.74 Å². The van der Waals surface area contributed by atoms with Crippen molar-refractivity contribution in [2.24, 2.45) is 0 Å². The number of sulfonamides is 1. The molecular weight excluding hydrogens is 410 g/mol. The number of halogens is 1. The molecule has 138 valence electrons. The highest BCUT2D eigenvalue weighted by atomic mass is 79.9. The van der Waals surface area contributed by atoms with E-state index in [1.807, 2.05) is 9.80 Å². The van der Waals surface area contributed by atoms with Gasteiger partial charge in [-0.2, -0.15) is 4.31 Å². The second-order valence-corrected chi connectivity index (χ2v) is 8.86. The van der Waals surface area contributed by atoms with Gasteiger partial charge in [-0.25, -0.2) is 8.42 Å². The molecule has 2 fully saturated rings. The van der Waals surface area contributed by atoms with Crippen molar-refractivity contribution in [1.29, 1.82) is 0 Å². The molecule has 25 heavy (non-hydrogen) atoms. The Morgan fingerprint density at radius 3 is 2.32 bits per heavy atom.